The fourth-order valence-corrected chi connectivity index (χ4v) is 3.16. The van der Waals surface area contributed by atoms with Crippen LogP contribution in [0.25, 0.3) is 27.8 Å². The Labute approximate surface area is 160 Å². The number of fused-ring (bicyclic) bond motifs is 2. The maximum atomic E-state index is 12.5. The molecular weight excluding hydrogens is 352 g/mol. The second-order valence-corrected chi connectivity index (χ2v) is 6.42. The van der Waals surface area contributed by atoms with Gasteiger partial charge >= 0.3 is 0 Å². The normalized spacial score (nSPS) is 11.1. The first-order valence-electron chi connectivity index (χ1n) is 8.91. The van der Waals surface area contributed by atoms with Crippen molar-refractivity contribution in [2.45, 2.75) is 6.54 Å². The number of carbonyl (C=O) groups is 1. The molecule has 3 heterocycles. The highest BCUT2D eigenvalue weighted by Crippen LogP contribution is 2.17. The first-order chi connectivity index (χ1) is 13.8. The average molecular weight is 368 g/mol. The molecule has 0 aliphatic carbocycles. The van der Waals surface area contributed by atoms with E-state index in [0.717, 1.165) is 22.2 Å². The van der Waals surface area contributed by atoms with Gasteiger partial charge in [-0.1, -0.05) is 48.5 Å². The molecule has 136 valence electrons. The van der Waals surface area contributed by atoms with Gasteiger partial charge in [0.25, 0.3) is 5.91 Å². The molecule has 2 aromatic carbocycles. The van der Waals surface area contributed by atoms with Crippen molar-refractivity contribution >= 4 is 22.5 Å². The van der Waals surface area contributed by atoms with Crippen molar-refractivity contribution in [3.05, 3.63) is 84.3 Å². The summed E-state index contributed by atoms with van der Waals surface area (Å²) in [6.07, 6.45) is 0. The summed E-state index contributed by atoms with van der Waals surface area (Å²) in [5, 5.41) is 16.8. The zero-order valence-corrected chi connectivity index (χ0v) is 14.8. The minimum absolute atomic E-state index is 0.202. The number of para-hydroxylation sites is 1. The molecule has 0 spiro atoms. The Kier molecular flexibility index (Phi) is 3.83. The summed E-state index contributed by atoms with van der Waals surface area (Å²) in [7, 11) is 0. The Hall–Kier alpha value is -4.00. The van der Waals surface area contributed by atoms with Gasteiger partial charge in [0, 0.05) is 16.5 Å². The maximum Gasteiger partial charge on any atom is 0.268 e. The third kappa shape index (κ3) is 2.88. The van der Waals surface area contributed by atoms with Crippen LogP contribution in [0.5, 0.6) is 0 Å². The number of nitrogens with zero attached hydrogens (tertiary/aromatic N) is 4. The molecule has 0 bridgehead atoms. The van der Waals surface area contributed by atoms with Crippen LogP contribution in [0.3, 0.4) is 0 Å². The molecule has 5 rings (SSSR count). The lowest BCUT2D eigenvalue weighted by Crippen LogP contribution is -2.24. The first-order valence-corrected chi connectivity index (χ1v) is 8.91. The van der Waals surface area contributed by atoms with Crippen molar-refractivity contribution in [1.29, 1.82) is 0 Å². The Morgan fingerprint density at radius 2 is 1.79 bits per heavy atom. The molecule has 7 nitrogen and oxygen atoms in total. The lowest BCUT2D eigenvalue weighted by molar-refractivity contribution is 0.0945. The van der Waals surface area contributed by atoms with Crippen LogP contribution in [0.15, 0.2) is 72.8 Å². The number of aromatic nitrogens is 5. The van der Waals surface area contributed by atoms with E-state index in [2.05, 4.69) is 25.6 Å². The number of aromatic amines is 1. The van der Waals surface area contributed by atoms with Crippen LogP contribution in [0, 0.1) is 0 Å². The number of hydrogen-bond acceptors (Lipinski definition) is 4. The molecule has 0 saturated heterocycles. The monoisotopic (exact) mass is 368 g/mol. The topological polar surface area (TPSA) is 88.0 Å². The van der Waals surface area contributed by atoms with E-state index in [9.17, 15) is 4.79 Å². The van der Waals surface area contributed by atoms with Crippen LogP contribution in [0.2, 0.25) is 0 Å². The first kappa shape index (κ1) is 16.2. The van der Waals surface area contributed by atoms with Crippen LogP contribution in [0.4, 0.5) is 0 Å². The second kappa shape index (κ2) is 6.62. The van der Waals surface area contributed by atoms with E-state index in [0.29, 0.717) is 17.2 Å². The Morgan fingerprint density at radius 1 is 0.964 bits per heavy atom. The molecule has 0 radical (unpaired) electrons. The van der Waals surface area contributed by atoms with Crippen molar-refractivity contribution < 1.29 is 4.79 Å². The highest BCUT2D eigenvalue weighted by Gasteiger charge is 2.13. The van der Waals surface area contributed by atoms with Crippen LogP contribution in [-0.4, -0.2) is 30.7 Å². The molecule has 1 amide bonds. The molecule has 0 atom stereocenters. The van der Waals surface area contributed by atoms with E-state index in [1.165, 1.54) is 0 Å². The van der Waals surface area contributed by atoms with Gasteiger partial charge in [0.2, 0.25) is 0 Å². The third-order valence-electron chi connectivity index (χ3n) is 4.58. The van der Waals surface area contributed by atoms with Gasteiger partial charge in [-0.2, -0.15) is 9.61 Å². The molecule has 0 saturated carbocycles. The Morgan fingerprint density at radius 3 is 2.64 bits per heavy atom. The second-order valence-electron chi connectivity index (χ2n) is 6.42. The van der Waals surface area contributed by atoms with E-state index in [4.69, 9.17) is 0 Å². The third-order valence-corrected chi connectivity index (χ3v) is 4.58. The minimum Gasteiger partial charge on any atom is -0.351 e. The van der Waals surface area contributed by atoms with Crippen molar-refractivity contribution in [3.63, 3.8) is 0 Å². The standard InChI is InChI=1S/C21H16N6O/c28-21(18-12-15-8-4-5-9-16(15)23-18)22-13-20-25-24-19-11-10-17(26-27(19)20)14-6-2-1-3-7-14/h1-12,23H,13H2,(H,22,28). The van der Waals surface area contributed by atoms with Crippen molar-refractivity contribution in [3.8, 4) is 11.3 Å². The van der Waals surface area contributed by atoms with E-state index >= 15 is 0 Å². The average Bonchev–Trinajstić information content (AvgIpc) is 3.36. The fourth-order valence-electron chi connectivity index (χ4n) is 3.16. The number of benzene rings is 2. The predicted octanol–water partition coefficient (Wildman–Crippen LogP) is 3.20. The van der Waals surface area contributed by atoms with Crippen LogP contribution in [-0.2, 0) is 6.54 Å². The number of amides is 1. The van der Waals surface area contributed by atoms with E-state index in [-0.39, 0.29) is 12.5 Å². The number of rotatable bonds is 4. The van der Waals surface area contributed by atoms with Gasteiger partial charge in [-0.05, 0) is 24.3 Å². The Balaban J connectivity index is 1.39. The quantitative estimate of drug-likeness (QED) is 0.510. The molecule has 3 aromatic heterocycles. The van der Waals surface area contributed by atoms with Gasteiger partial charge in [-0.25, -0.2) is 0 Å². The fraction of sp³-hybridized carbons (Fsp3) is 0.0476. The summed E-state index contributed by atoms with van der Waals surface area (Å²) in [4.78, 5) is 15.6. The predicted molar refractivity (Wildman–Crippen MR) is 106 cm³/mol. The summed E-state index contributed by atoms with van der Waals surface area (Å²) in [6.45, 7) is 0.223. The molecule has 2 N–H and O–H groups in total. The molecule has 28 heavy (non-hydrogen) atoms. The number of carbonyl (C=O) groups excluding carboxylic acids is 1. The van der Waals surface area contributed by atoms with Gasteiger partial charge in [-0.3, -0.25) is 4.79 Å². The van der Waals surface area contributed by atoms with Crippen molar-refractivity contribution in [2.24, 2.45) is 0 Å². The molecule has 7 heteroatoms. The SMILES string of the molecule is O=C(NCc1nnc2ccc(-c3ccccc3)nn12)c1cc2ccccc2[nH]1. The maximum absolute atomic E-state index is 12.5. The molecular formula is C21H16N6O. The largest absolute Gasteiger partial charge is 0.351 e. The summed E-state index contributed by atoms with van der Waals surface area (Å²) >= 11 is 0. The van der Waals surface area contributed by atoms with Gasteiger partial charge in [0.15, 0.2) is 11.5 Å². The zero-order chi connectivity index (χ0) is 18.9. The van der Waals surface area contributed by atoms with Gasteiger partial charge < -0.3 is 10.3 Å². The van der Waals surface area contributed by atoms with Crippen molar-refractivity contribution in [1.82, 2.24) is 30.1 Å². The highest BCUT2D eigenvalue weighted by molar-refractivity contribution is 5.97. The highest BCUT2D eigenvalue weighted by atomic mass is 16.1. The molecule has 0 unspecified atom stereocenters. The zero-order valence-electron chi connectivity index (χ0n) is 14.8. The smallest absolute Gasteiger partial charge is 0.268 e. The van der Waals surface area contributed by atoms with E-state index in [1.807, 2.05) is 72.8 Å². The summed E-state index contributed by atoms with van der Waals surface area (Å²) < 4.78 is 1.66. The van der Waals surface area contributed by atoms with Gasteiger partial charge in [0.1, 0.15) is 5.69 Å². The summed E-state index contributed by atoms with van der Waals surface area (Å²) in [6, 6.07) is 23.3. The minimum atomic E-state index is -0.202. The lowest BCUT2D eigenvalue weighted by Gasteiger charge is -2.04. The Bertz CT molecular complexity index is 1260. The summed E-state index contributed by atoms with van der Waals surface area (Å²) in [5.41, 5.74) is 3.89. The van der Waals surface area contributed by atoms with Crippen molar-refractivity contribution in [2.75, 3.05) is 0 Å². The molecule has 0 aliphatic rings. The van der Waals surface area contributed by atoms with E-state index < -0.39 is 0 Å². The van der Waals surface area contributed by atoms with Crippen LogP contribution >= 0.6 is 0 Å². The van der Waals surface area contributed by atoms with Gasteiger partial charge in [-0.15, -0.1) is 10.2 Å². The number of hydrogen-bond donors (Lipinski definition) is 2. The van der Waals surface area contributed by atoms with Crippen LogP contribution in [0.1, 0.15) is 16.3 Å². The number of H-pyrrole nitrogens is 1. The summed E-state index contributed by atoms with van der Waals surface area (Å²) in [5.74, 6) is 0.365. The van der Waals surface area contributed by atoms with Gasteiger partial charge in [0.05, 0.1) is 12.2 Å². The lowest BCUT2D eigenvalue weighted by atomic mass is 10.1. The van der Waals surface area contributed by atoms with E-state index in [1.54, 1.807) is 4.52 Å². The molecule has 5 aromatic rings. The molecule has 0 fully saturated rings. The number of nitrogens with one attached hydrogen (secondary N) is 2. The molecule has 0 aliphatic heterocycles. The van der Waals surface area contributed by atoms with Crippen LogP contribution < -0.4 is 5.32 Å².